The van der Waals surface area contributed by atoms with Crippen LogP contribution in [-0.2, 0) is 6.54 Å². The highest BCUT2D eigenvalue weighted by atomic mass is 16.3. The van der Waals surface area contributed by atoms with Gasteiger partial charge in [0.25, 0.3) is 0 Å². The van der Waals surface area contributed by atoms with Crippen LogP contribution in [0, 0.1) is 13.8 Å². The third kappa shape index (κ3) is 3.67. The average Bonchev–Trinajstić information content (AvgIpc) is 2.62. The second-order valence-electron chi connectivity index (χ2n) is 4.29. The van der Waals surface area contributed by atoms with Crippen molar-refractivity contribution < 1.29 is 4.42 Å². The van der Waals surface area contributed by atoms with E-state index in [4.69, 9.17) is 4.42 Å². The van der Waals surface area contributed by atoms with Gasteiger partial charge in [0.1, 0.15) is 11.5 Å². The number of rotatable bonds is 2. The first-order valence-corrected chi connectivity index (χ1v) is 6.54. The van der Waals surface area contributed by atoms with Gasteiger partial charge in [0.2, 0.25) is 0 Å². The Morgan fingerprint density at radius 1 is 1.12 bits per heavy atom. The van der Waals surface area contributed by atoms with Crippen LogP contribution in [0.25, 0.3) is 0 Å². The fourth-order valence-corrected chi connectivity index (χ4v) is 2.07. The molecule has 0 saturated carbocycles. The van der Waals surface area contributed by atoms with Crippen molar-refractivity contribution in [2.45, 2.75) is 53.5 Å². The van der Waals surface area contributed by atoms with E-state index in [9.17, 15) is 0 Å². The third-order valence-electron chi connectivity index (χ3n) is 3.05. The normalized spacial score (nSPS) is 16.8. The van der Waals surface area contributed by atoms with E-state index in [1.54, 1.807) is 0 Å². The molecular formula is C14H25NO. The molecule has 0 radical (unpaired) electrons. The highest BCUT2D eigenvalue weighted by Crippen LogP contribution is 2.17. The second-order valence-corrected chi connectivity index (χ2v) is 4.29. The lowest BCUT2D eigenvalue weighted by molar-refractivity contribution is 0.204. The van der Waals surface area contributed by atoms with Crippen molar-refractivity contribution in [2.24, 2.45) is 0 Å². The van der Waals surface area contributed by atoms with Crippen LogP contribution >= 0.6 is 0 Å². The van der Waals surface area contributed by atoms with E-state index < -0.39 is 0 Å². The predicted molar refractivity (Wildman–Crippen MR) is 68.7 cm³/mol. The van der Waals surface area contributed by atoms with Crippen LogP contribution in [0.3, 0.4) is 0 Å². The van der Waals surface area contributed by atoms with Crippen molar-refractivity contribution in [3.8, 4) is 0 Å². The Bertz CT molecular complexity index is 278. The van der Waals surface area contributed by atoms with Crippen molar-refractivity contribution in [1.29, 1.82) is 0 Å². The second kappa shape index (κ2) is 6.74. The Kier molecular flexibility index (Phi) is 5.61. The monoisotopic (exact) mass is 223 g/mol. The van der Waals surface area contributed by atoms with Crippen molar-refractivity contribution in [2.75, 3.05) is 13.1 Å². The lowest BCUT2D eigenvalue weighted by atomic mass is 10.1. The standard InChI is InChI=1S/C12H19NO.C2H6/c1-10-8-12(14-11(10)2)9-13-6-4-3-5-7-13;1-2/h8H,3-7,9H2,1-2H3;1-2H3. The Balaban J connectivity index is 0.000000606. The molecule has 0 unspecified atom stereocenters. The van der Waals surface area contributed by atoms with Gasteiger partial charge in [-0.1, -0.05) is 20.3 Å². The van der Waals surface area contributed by atoms with Crippen LogP contribution in [0.5, 0.6) is 0 Å². The van der Waals surface area contributed by atoms with Gasteiger partial charge in [-0.3, -0.25) is 4.90 Å². The van der Waals surface area contributed by atoms with E-state index in [-0.39, 0.29) is 0 Å². The average molecular weight is 223 g/mol. The minimum absolute atomic E-state index is 0.995. The zero-order valence-corrected chi connectivity index (χ0v) is 11.2. The van der Waals surface area contributed by atoms with Crippen LogP contribution in [0.15, 0.2) is 10.5 Å². The van der Waals surface area contributed by atoms with E-state index in [1.165, 1.54) is 37.9 Å². The Morgan fingerprint density at radius 3 is 2.25 bits per heavy atom. The molecule has 1 aromatic heterocycles. The summed E-state index contributed by atoms with van der Waals surface area (Å²) in [6.07, 6.45) is 4.09. The maximum atomic E-state index is 5.68. The molecule has 0 aliphatic carbocycles. The van der Waals surface area contributed by atoms with E-state index in [1.807, 2.05) is 20.8 Å². The molecule has 0 N–H and O–H groups in total. The molecule has 1 fully saturated rings. The molecule has 0 atom stereocenters. The molecule has 1 aliphatic heterocycles. The fourth-order valence-electron chi connectivity index (χ4n) is 2.07. The van der Waals surface area contributed by atoms with Gasteiger partial charge in [0.15, 0.2) is 0 Å². The van der Waals surface area contributed by atoms with E-state index in [2.05, 4.69) is 17.9 Å². The topological polar surface area (TPSA) is 16.4 Å². The van der Waals surface area contributed by atoms with Crippen LogP contribution in [0.1, 0.15) is 50.2 Å². The largest absolute Gasteiger partial charge is 0.465 e. The first-order chi connectivity index (χ1) is 7.75. The molecule has 1 saturated heterocycles. The maximum absolute atomic E-state index is 5.68. The SMILES string of the molecule is CC.Cc1cc(CN2CCCCC2)oc1C. The molecule has 1 aromatic rings. The van der Waals surface area contributed by atoms with Crippen molar-refractivity contribution in [3.05, 3.63) is 23.2 Å². The lowest BCUT2D eigenvalue weighted by Crippen LogP contribution is -2.28. The smallest absolute Gasteiger partial charge is 0.118 e. The minimum Gasteiger partial charge on any atom is -0.465 e. The summed E-state index contributed by atoms with van der Waals surface area (Å²) in [7, 11) is 0. The molecule has 1 aliphatic rings. The molecule has 0 spiro atoms. The number of aryl methyl sites for hydroxylation is 2. The number of likely N-dealkylation sites (tertiary alicyclic amines) is 1. The summed E-state index contributed by atoms with van der Waals surface area (Å²) < 4.78 is 5.68. The molecule has 2 heteroatoms. The van der Waals surface area contributed by atoms with Crippen LogP contribution in [-0.4, -0.2) is 18.0 Å². The molecule has 2 heterocycles. The summed E-state index contributed by atoms with van der Waals surface area (Å²) in [5, 5.41) is 0. The Labute approximate surface area is 99.6 Å². The molecule has 2 rings (SSSR count). The fraction of sp³-hybridized carbons (Fsp3) is 0.714. The summed E-state index contributed by atoms with van der Waals surface area (Å²) in [6.45, 7) is 11.6. The number of furan rings is 1. The van der Waals surface area contributed by atoms with E-state index in [0.717, 1.165) is 18.1 Å². The summed E-state index contributed by atoms with van der Waals surface area (Å²) in [5.74, 6) is 2.19. The van der Waals surface area contributed by atoms with Gasteiger partial charge in [0.05, 0.1) is 6.54 Å². The van der Waals surface area contributed by atoms with Crippen molar-refractivity contribution >= 4 is 0 Å². The first kappa shape index (κ1) is 13.3. The summed E-state index contributed by atoms with van der Waals surface area (Å²) >= 11 is 0. The molecular weight excluding hydrogens is 198 g/mol. The summed E-state index contributed by atoms with van der Waals surface area (Å²) in [4.78, 5) is 2.49. The quantitative estimate of drug-likeness (QED) is 0.756. The predicted octanol–water partition coefficient (Wildman–Crippen LogP) is 3.91. The van der Waals surface area contributed by atoms with Crippen LogP contribution in [0.4, 0.5) is 0 Å². The number of hydrogen-bond acceptors (Lipinski definition) is 2. The summed E-state index contributed by atoms with van der Waals surface area (Å²) in [5.41, 5.74) is 1.28. The van der Waals surface area contributed by atoms with Gasteiger partial charge in [-0.15, -0.1) is 0 Å². The van der Waals surface area contributed by atoms with Gasteiger partial charge in [-0.25, -0.2) is 0 Å². The minimum atomic E-state index is 0.995. The van der Waals surface area contributed by atoms with Crippen molar-refractivity contribution in [1.82, 2.24) is 4.90 Å². The lowest BCUT2D eigenvalue weighted by Gasteiger charge is -2.25. The summed E-state index contributed by atoms with van der Waals surface area (Å²) in [6, 6.07) is 2.17. The third-order valence-corrected chi connectivity index (χ3v) is 3.05. The molecule has 0 aromatic carbocycles. The Morgan fingerprint density at radius 2 is 1.75 bits per heavy atom. The highest BCUT2D eigenvalue weighted by molar-refractivity contribution is 5.18. The van der Waals surface area contributed by atoms with E-state index in [0.29, 0.717) is 0 Å². The van der Waals surface area contributed by atoms with E-state index >= 15 is 0 Å². The zero-order chi connectivity index (χ0) is 12.0. The maximum Gasteiger partial charge on any atom is 0.118 e. The number of hydrogen-bond donors (Lipinski definition) is 0. The number of nitrogens with zero attached hydrogens (tertiary/aromatic N) is 1. The number of piperidine rings is 1. The van der Waals surface area contributed by atoms with Gasteiger partial charge < -0.3 is 4.42 Å². The first-order valence-electron chi connectivity index (χ1n) is 6.54. The van der Waals surface area contributed by atoms with Crippen molar-refractivity contribution in [3.63, 3.8) is 0 Å². The van der Waals surface area contributed by atoms with Gasteiger partial charge in [-0.2, -0.15) is 0 Å². The molecule has 2 nitrogen and oxygen atoms in total. The van der Waals surface area contributed by atoms with Gasteiger partial charge in [-0.05, 0) is 51.4 Å². The Hall–Kier alpha value is -0.760. The van der Waals surface area contributed by atoms with Crippen LogP contribution < -0.4 is 0 Å². The highest BCUT2D eigenvalue weighted by Gasteiger charge is 2.12. The molecule has 0 amide bonds. The molecule has 16 heavy (non-hydrogen) atoms. The van der Waals surface area contributed by atoms with Crippen LogP contribution in [0.2, 0.25) is 0 Å². The molecule has 92 valence electrons. The zero-order valence-electron chi connectivity index (χ0n) is 11.2. The van der Waals surface area contributed by atoms with Gasteiger partial charge >= 0.3 is 0 Å². The molecule has 0 bridgehead atoms. The van der Waals surface area contributed by atoms with Gasteiger partial charge in [0, 0.05) is 0 Å².